The first-order valence-corrected chi connectivity index (χ1v) is 5.74. The van der Waals surface area contributed by atoms with Gasteiger partial charge in [0.2, 0.25) is 0 Å². The predicted molar refractivity (Wildman–Crippen MR) is 63.7 cm³/mol. The molecule has 2 unspecified atom stereocenters. The van der Waals surface area contributed by atoms with E-state index in [2.05, 4.69) is 5.32 Å². The lowest BCUT2D eigenvalue weighted by Gasteiger charge is -2.16. The van der Waals surface area contributed by atoms with E-state index in [4.69, 9.17) is 13.9 Å². The maximum Gasteiger partial charge on any atom is 0.117 e. The Hall–Kier alpha value is -0.880. The van der Waals surface area contributed by atoms with Gasteiger partial charge in [-0.1, -0.05) is 0 Å². The Labute approximate surface area is 102 Å². The van der Waals surface area contributed by atoms with E-state index in [1.54, 1.807) is 13.4 Å². The molecule has 1 aromatic rings. The molecular weight excluding hydrogens is 222 g/mol. The van der Waals surface area contributed by atoms with Crippen molar-refractivity contribution < 1.29 is 19.0 Å². The average molecular weight is 243 g/mol. The maximum atomic E-state index is 9.64. The molecule has 0 fully saturated rings. The van der Waals surface area contributed by atoms with E-state index in [0.717, 1.165) is 5.76 Å². The van der Waals surface area contributed by atoms with Gasteiger partial charge in [-0.15, -0.1) is 0 Å². The van der Waals surface area contributed by atoms with Crippen molar-refractivity contribution >= 4 is 0 Å². The van der Waals surface area contributed by atoms with E-state index < -0.39 is 6.10 Å². The van der Waals surface area contributed by atoms with Gasteiger partial charge < -0.3 is 24.3 Å². The average Bonchev–Trinajstić information content (AvgIpc) is 2.80. The van der Waals surface area contributed by atoms with E-state index in [0.29, 0.717) is 26.3 Å². The van der Waals surface area contributed by atoms with Crippen LogP contribution < -0.4 is 5.32 Å². The molecular formula is C12H21NO4. The molecule has 98 valence electrons. The number of rotatable bonds is 9. The lowest BCUT2D eigenvalue weighted by molar-refractivity contribution is -0.0311. The maximum absolute atomic E-state index is 9.64. The summed E-state index contributed by atoms with van der Waals surface area (Å²) in [6, 6.07) is 3.72. The largest absolute Gasteiger partial charge is 0.468 e. The topological polar surface area (TPSA) is 63.9 Å². The van der Waals surface area contributed by atoms with Crippen molar-refractivity contribution in [2.24, 2.45) is 0 Å². The molecule has 0 spiro atoms. The fourth-order valence-electron chi connectivity index (χ4n) is 1.39. The summed E-state index contributed by atoms with van der Waals surface area (Å²) < 4.78 is 15.5. The molecule has 2 N–H and O–H groups in total. The molecule has 1 heterocycles. The monoisotopic (exact) mass is 243 g/mol. The second kappa shape index (κ2) is 8.25. The number of furan rings is 1. The Bertz CT molecular complexity index is 276. The molecule has 0 aliphatic heterocycles. The number of ether oxygens (including phenoxy) is 2. The molecule has 0 aromatic carbocycles. The molecule has 5 nitrogen and oxygen atoms in total. The normalized spacial score (nSPS) is 14.8. The molecule has 0 bridgehead atoms. The highest BCUT2D eigenvalue weighted by atomic mass is 16.5. The van der Waals surface area contributed by atoms with Crippen LogP contribution in [0, 0.1) is 0 Å². The molecule has 0 aliphatic rings. The Morgan fingerprint density at radius 3 is 2.94 bits per heavy atom. The summed E-state index contributed by atoms with van der Waals surface area (Å²) in [4.78, 5) is 0. The third-order valence-corrected chi connectivity index (χ3v) is 2.23. The molecule has 0 saturated carbocycles. The molecule has 2 atom stereocenters. The van der Waals surface area contributed by atoms with Gasteiger partial charge in [0, 0.05) is 13.7 Å². The summed E-state index contributed by atoms with van der Waals surface area (Å²) in [6.07, 6.45) is 1.10. The van der Waals surface area contributed by atoms with Gasteiger partial charge in [0.25, 0.3) is 0 Å². The predicted octanol–water partition coefficient (Wildman–Crippen LogP) is 0.782. The Kier molecular flexibility index (Phi) is 6.88. The van der Waals surface area contributed by atoms with Gasteiger partial charge in [-0.25, -0.2) is 0 Å². The highest BCUT2D eigenvalue weighted by molar-refractivity contribution is 4.97. The first-order valence-electron chi connectivity index (χ1n) is 5.74. The molecule has 0 radical (unpaired) electrons. The molecule has 1 rings (SSSR count). The number of methoxy groups -OCH3 is 1. The quantitative estimate of drug-likeness (QED) is 0.671. The minimum atomic E-state index is -0.524. The second-order valence-electron chi connectivity index (χ2n) is 3.96. The highest BCUT2D eigenvalue weighted by Gasteiger charge is 2.07. The van der Waals surface area contributed by atoms with Crippen LogP contribution in [0.1, 0.15) is 12.7 Å². The van der Waals surface area contributed by atoms with Crippen LogP contribution in [0.4, 0.5) is 0 Å². The van der Waals surface area contributed by atoms with Crippen molar-refractivity contribution in [3.63, 3.8) is 0 Å². The van der Waals surface area contributed by atoms with Gasteiger partial charge in [0.05, 0.1) is 38.2 Å². The fourth-order valence-corrected chi connectivity index (χ4v) is 1.39. The molecule has 1 aromatic heterocycles. The minimum Gasteiger partial charge on any atom is -0.468 e. The van der Waals surface area contributed by atoms with Gasteiger partial charge in [-0.2, -0.15) is 0 Å². The molecule has 0 aliphatic carbocycles. The van der Waals surface area contributed by atoms with Gasteiger partial charge in [-0.05, 0) is 19.1 Å². The highest BCUT2D eigenvalue weighted by Crippen LogP contribution is 1.99. The van der Waals surface area contributed by atoms with Gasteiger partial charge in [0.15, 0.2) is 0 Å². The summed E-state index contributed by atoms with van der Waals surface area (Å²) in [5.41, 5.74) is 0. The first kappa shape index (κ1) is 14.2. The summed E-state index contributed by atoms with van der Waals surface area (Å²) in [5.74, 6) is 0.853. The van der Waals surface area contributed by atoms with Crippen molar-refractivity contribution in [3.05, 3.63) is 24.2 Å². The van der Waals surface area contributed by atoms with Crippen LogP contribution in [0.3, 0.4) is 0 Å². The van der Waals surface area contributed by atoms with Crippen LogP contribution in [-0.4, -0.2) is 44.2 Å². The van der Waals surface area contributed by atoms with Gasteiger partial charge in [0.1, 0.15) is 5.76 Å². The zero-order chi connectivity index (χ0) is 12.5. The third-order valence-electron chi connectivity index (χ3n) is 2.23. The van der Waals surface area contributed by atoms with E-state index in [1.165, 1.54) is 0 Å². The van der Waals surface area contributed by atoms with E-state index in [9.17, 15) is 5.11 Å². The number of aliphatic hydroxyl groups excluding tert-OH is 1. The summed E-state index contributed by atoms with van der Waals surface area (Å²) in [6.45, 7) is 3.83. The van der Waals surface area contributed by atoms with Crippen molar-refractivity contribution in [2.45, 2.75) is 25.7 Å². The SMILES string of the molecule is COCC(C)OCC(O)CNCc1ccco1. The molecule has 0 amide bonds. The summed E-state index contributed by atoms with van der Waals surface area (Å²) >= 11 is 0. The Morgan fingerprint density at radius 1 is 1.47 bits per heavy atom. The van der Waals surface area contributed by atoms with Crippen molar-refractivity contribution in [3.8, 4) is 0 Å². The van der Waals surface area contributed by atoms with Crippen molar-refractivity contribution in [1.82, 2.24) is 5.32 Å². The van der Waals surface area contributed by atoms with Gasteiger partial charge in [-0.3, -0.25) is 0 Å². The van der Waals surface area contributed by atoms with Crippen molar-refractivity contribution in [1.29, 1.82) is 0 Å². The lowest BCUT2D eigenvalue weighted by Crippen LogP contribution is -2.32. The van der Waals surface area contributed by atoms with E-state index in [1.807, 2.05) is 19.1 Å². The fraction of sp³-hybridized carbons (Fsp3) is 0.667. The molecule has 17 heavy (non-hydrogen) atoms. The van der Waals surface area contributed by atoms with Crippen LogP contribution in [0.5, 0.6) is 0 Å². The zero-order valence-corrected chi connectivity index (χ0v) is 10.4. The summed E-state index contributed by atoms with van der Waals surface area (Å²) in [7, 11) is 1.63. The molecule has 5 heteroatoms. The Morgan fingerprint density at radius 2 is 2.29 bits per heavy atom. The van der Waals surface area contributed by atoms with Crippen LogP contribution in [0.2, 0.25) is 0 Å². The number of nitrogens with one attached hydrogen (secondary N) is 1. The van der Waals surface area contributed by atoms with Crippen LogP contribution in [0.15, 0.2) is 22.8 Å². The van der Waals surface area contributed by atoms with Crippen molar-refractivity contribution in [2.75, 3.05) is 26.9 Å². The number of aliphatic hydroxyl groups is 1. The smallest absolute Gasteiger partial charge is 0.117 e. The van der Waals surface area contributed by atoms with E-state index >= 15 is 0 Å². The van der Waals surface area contributed by atoms with Crippen LogP contribution in [0.25, 0.3) is 0 Å². The number of hydrogen-bond acceptors (Lipinski definition) is 5. The first-order chi connectivity index (χ1) is 8.22. The number of hydrogen-bond donors (Lipinski definition) is 2. The van der Waals surface area contributed by atoms with Crippen LogP contribution >= 0.6 is 0 Å². The second-order valence-corrected chi connectivity index (χ2v) is 3.96. The molecule has 0 saturated heterocycles. The van der Waals surface area contributed by atoms with Gasteiger partial charge >= 0.3 is 0 Å². The summed E-state index contributed by atoms with van der Waals surface area (Å²) in [5, 5.41) is 12.7. The third kappa shape index (κ3) is 6.43. The van der Waals surface area contributed by atoms with E-state index in [-0.39, 0.29) is 6.10 Å². The Balaban J connectivity index is 2.03. The standard InChI is InChI=1S/C12H21NO4/c1-10(8-15-2)17-9-11(14)6-13-7-12-4-3-5-16-12/h3-5,10-11,13-14H,6-9H2,1-2H3. The lowest BCUT2D eigenvalue weighted by atomic mass is 10.3. The minimum absolute atomic E-state index is 0.000256. The zero-order valence-electron chi connectivity index (χ0n) is 10.4. The van der Waals surface area contributed by atoms with Crippen LogP contribution in [-0.2, 0) is 16.0 Å².